The van der Waals surface area contributed by atoms with Crippen LogP contribution in [0.15, 0.2) is 46.9 Å². The van der Waals surface area contributed by atoms with E-state index in [0.717, 1.165) is 5.39 Å². The molecule has 1 saturated heterocycles. The van der Waals surface area contributed by atoms with E-state index in [9.17, 15) is 9.59 Å². The lowest BCUT2D eigenvalue weighted by Crippen LogP contribution is -2.43. The van der Waals surface area contributed by atoms with Gasteiger partial charge in [-0.1, -0.05) is 12.1 Å². The van der Waals surface area contributed by atoms with Gasteiger partial charge < -0.3 is 28.8 Å². The van der Waals surface area contributed by atoms with E-state index in [1.54, 1.807) is 37.3 Å². The number of hydrogen-bond donors (Lipinski definition) is 1. The van der Waals surface area contributed by atoms with Gasteiger partial charge in [0.25, 0.3) is 5.91 Å². The third-order valence-electron chi connectivity index (χ3n) is 6.36. The van der Waals surface area contributed by atoms with Crippen molar-refractivity contribution in [2.75, 3.05) is 33.9 Å². The molecule has 1 N–H and O–H groups in total. The summed E-state index contributed by atoms with van der Waals surface area (Å²) in [4.78, 5) is 27.8. The average Bonchev–Trinajstić information content (AvgIpc) is 3.34. The maximum absolute atomic E-state index is 13.0. The lowest BCUT2D eigenvalue weighted by atomic mass is 9.95. The molecule has 0 spiro atoms. The predicted octanol–water partition coefficient (Wildman–Crippen LogP) is 4.58. The van der Waals surface area contributed by atoms with Crippen LogP contribution in [-0.2, 0) is 4.79 Å². The first kappa shape index (κ1) is 24.4. The molecule has 8 nitrogen and oxygen atoms in total. The molecule has 2 heterocycles. The highest BCUT2D eigenvalue weighted by Crippen LogP contribution is 2.32. The first-order valence-corrected chi connectivity index (χ1v) is 11.9. The number of methoxy groups -OCH3 is 2. The average molecular weight is 481 g/mol. The minimum atomic E-state index is -0.284. The zero-order valence-electron chi connectivity index (χ0n) is 20.6. The molecule has 3 aromatic rings. The van der Waals surface area contributed by atoms with Crippen LogP contribution in [0.4, 0.5) is 0 Å². The second kappa shape index (κ2) is 10.7. The van der Waals surface area contributed by atoms with Crippen molar-refractivity contribution in [3.05, 3.63) is 53.8 Å². The molecule has 0 saturated carbocycles. The van der Waals surface area contributed by atoms with Crippen LogP contribution in [0.25, 0.3) is 11.0 Å². The maximum Gasteiger partial charge on any atom is 0.254 e. The number of ether oxygens (including phenoxy) is 3. The third-order valence-corrected chi connectivity index (χ3v) is 6.36. The zero-order chi connectivity index (χ0) is 24.9. The molecular formula is C27H32N2O6. The number of fused-ring (bicyclic) bond motifs is 1. The standard InChI is InChI=1S/C27H32N2O6/c1-5-34-23-8-6-7-19-15-24(35-25(19)23)17(2)28-26(30)18-9-11-29(12-10-18)27(31)20-13-21(32-3)16-22(14-20)33-4/h6-8,13-18H,5,9-12H2,1-4H3,(H,28,30). The van der Waals surface area contributed by atoms with Crippen LogP contribution in [0.1, 0.15) is 48.8 Å². The highest BCUT2D eigenvalue weighted by molar-refractivity contribution is 5.95. The van der Waals surface area contributed by atoms with Crippen LogP contribution < -0.4 is 19.5 Å². The molecular weight excluding hydrogens is 448 g/mol. The topological polar surface area (TPSA) is 90.2 Å². The fraction of sp³-hybridized carbons (Fsp3) is 0.407. The van der Waals surface area contributed by atoms with Crippen molar-refractivity contribution >= 4 is 22.8 Å². The lowest BCUT2D eigenvalue weighted by Gasteiger charge is -2.32. The summed E-state index contributed by atoms with van der Waals surface area (Å²) in [7, 11) is 3.11. The first-order valence-electron chi connectivity index (χ1n) is 11.9. The second-order valence-corrected chi connectivity index (χ2v) is 8.65. The van der Waals surface area contributed by atoms with Crippen molar-refractivity contribution in [3.63, 3.8) is 0 Å². The van der Waals surface area contributed by atoms with Crippen LogP contribution in [0, 0.1) is 5.92 Å². The van der Waals surface area contributed by atoms with E-state index >= 15 is 0 Å². The minimum absolute atomic E-state index is 0.0295. The molecule has 1 aromatic heterocycles. The van der Waals surface area contributed by atoms with Gasteiger partial charge in [0.1, 0.15) is 17.3 Å². The summed E-state index contributed by atoms with van der Waals surface area (Å²) in [5.41, 5.74) is 1.19. The molecule has 1 atom stereocenters. The lowest BCUT2D eigenvalue weighted by molar-refractivity contribution is -0.127. The van der Waals surface area contributed by atoms with E-state index in [1.165, 1.54) is 0 Å². The summed E-state index contributed by atoms with van der Waals surface area (Å²) in [5, 5.41) is 4.01. The van der Waals surface area contributed by atoms with Crippen LogP contribution in [0.2, 0.25) is 0 Å². The molecule has 1 aliphatic rings. The summed E-state index contributed by atoms with van der Waals surface area (Å²) >= 11 is 0. The molecule has 2 amide bonds. The molecule has 186 valence electrons. The van der Waals surface area contributed by atoms with Gasteiger partial charge in [0.2, 0.25) is 5.91 Å². The number of likely N-dealkylation sites (tertiary alicyclic amines) is 1. The minimum Gasteiger partial charge on any atom is -0.497 e. The van der Waals surface area contributed by atoms with Crippen LogP contribution >= 0.6 is 0 Å². The highest BCUT2D eigenvalue weighted by atomic mass is 16.5. The van der Waals surface area contributed by atoms with Crippen molar-refractivity contribution in [1.82, 2.24) is 10.2 Å². The van der Waals surface area contributed by atoms with Gasteiger partial charge in [-0.15, -0.1) is 0 Å². The molecule has 1 aliphatic heterocycles. The van der Waals surface area contributed by atoms with Gasteiger partial charge >= 0.3 is 0 Å². The Labute approximate surface area is 205 Å². The molecule has 0 radical (unpaired) electrons. The number of rotatable bonds is 8. The van der Waals surface area contributed by atoms with Crippen molar-refractivity contribution in [3.8, 4) is 17.2 Å². The number of hydrogen-bond acceptors (Lipinski definition) is 6. The summed E-state index contributed by atoms with van der Waals surface area (Å²) in [6.07, 6.45) is 1.19. The second-order valence-electron chi connectivity index (χ2n) is 8.65. The Morgan fingerprint density at radius 3 is 2.40 bits per heavy atom. The Morgan fingerprint density at radius 2 is 1.77 bits per heavy atom. The van der Waals surface area contributed by atoms with Crippen molar-refractivity contribution in [2.45, 2.75) is 32.7 Å². The predicted molar refractivity (Wildman–Crippen MR) is 132 cm³/mol. The van der Waals surface area contributed by atoms with Crippen LogP contribution in [-0.4, -0.2) is 50.6 Å². The normalized spacial score (nSPS) is 15.0. The summed E-state index contributed by atoms with van der Waals surface area (Å²) < 4.78 is 22.2. The zero-order valence-corrected chi connectivity index (χ0v) is 20.6. The Balaban J connectivity index is 1.36. The molecule has 0 bridgehead atoms. The van der Waals surface area contributed by atoms with E-state index in [2.05, 4.69) is 5.32 Å². The molecule has 35 heavy (non-hydrogen) atoms. The van der Waals surface area contributed by atoms with Gasteiger partial charge in [-0.2, -0.15) is 0 Å². The van der Waals surface area contributed by atoms with Gasteiger partial charge in [0.15, 0.2) is 11.3 Å². The van der Waals surface area contributed by atoms with Crippen LogP contribution in [0.3, 0.4) is 0 Å². The summed E-state index contributed by atoms with van der Waals surface area (Å²) in [5.74, 6) is 2.22. The number of nitrogens with zero attached hydrogens (tertiary/aromatic N) is 1. The fourth-order valence-electron chi connectivity index (χ4n) is 4.40. The molecule has 1 fully saturated rings. The van der Waals surface area contributed by atoms with Gasteiger partial charge in [0, 0.05) is 36.0 Å². The molecule has 2 aromatic carbocycles. The quantitative estimate of drug-likeness (QED) is 0.508. The van der Waals surface area contributed by atoms with Crippen LogP contribution in [0.5, 0.6) is 17.2 Å². The molecule has 4 rings (SSSR count). The largest absolute Gasteiger partial charge is 0.497 e. The number of furan rings is 1. The number of piperidine rings is 1. The van der Waals surface area contributed by atoms with E-state index < -0.39 is 0 Å². The fourth-order valence-corrected chi connectivity index (χ4v) is 4.40. The number of carbonyl (C=O) groups is 2. The molecule has 0 aliphatic carbocycles. The SMILES string of the molecule is CCOc1cccc2cc(C(C)NC(=O)C3CCN(C(=O)c4cc(OC)cc(OC)c4)CC3)oc12. The summed E-state index contributed by atoms with van der Waals surface area (Å²) in [6.45, 7) is 5.40. The van der Waals surface area contributed by atoms with E-state index in [4.69, 9.17) is 18.6 Å². The number of nitrogens with one attached hydrogen (secondary N) is 1. The van der Waals surface area contributed by atoms with E-state index in [-0.39, 0.29) is 23.8 Å². The van der Waals surface area contributed by atoms with Gasteiger partial charge in [-0.3, -0.25) is 9.59 Å². The Hall–Kier alpha value is -3.68. The van der Waals surface area contributed by atoms with Gasteiger partial charge in [0.05, 0.1) is 26.9 Å². The van der Waals surface area contributed by atoms with Gasteiger partial charge in [-0.25, -0.2) is 0 Å². The number of carbonyl (C=O) groups excluding carboxylic acids is 2. The monoisotopic (exact) mass is 480 g/mol. The van der Waals surface area contributed by atoms with Crippen molar-refractivity contribution in [2.24, 2.45) is 5.92 Å². The van der Waals surface area contributed by atoms with Gasteiger partial charge in [-0.05, 0) is 51.0 Å². The maximum atomic E-state index is 13.0. The number of amides is 2. The first-order chi connectivity index (χ1) is 16.9. The third kappa shape index (κ3) is 5.37. The highest BCUT2D eigenvalue weighted by Gasteiger charge is 2.29. The summed E-state index contributed by atoms with van der Waals surface area (Å²) in [6, 6.07) is 12.6. The Morgan fingerprint density at radius 1 is 1.09 bits per heavy atom. The Bertz CT molecular complexity index is 1170. The Kier molecular flexibility index (Phi) is 7.48. The van der Waals surface area contributed by atoms with Crippen molar-refractivity contribution in [1.29, 1.82) is 0 Å². The molecule has 8 heteroatoms. The smallest absolute Gasteiger partial charge is 0.254 e. The number of benzene rings is 2. The van der Waals surface area contributed by atoms with Crippen molar-refractivity contribution < 1.29 is 28.2 Å². The van der Waals surface area contributed by atoms with E-state index in [1.807, 2.05) is 38.1 Å². The van der Waals surface area contributed by atoms with E-state index in [0.29, 0.717) is 66.7 Å². The number of para-hydroxylation sites is 1. The molecule has 1 unspecified atom stereocenters.